The van der Waals surface area contributed by atoms with Gasteiger partial charge >= 0.3 is 8.69 Å². The van der Waals surface area contributed by atoms with Crippen LogP contribution in [0, 0.1) is 5.82 Å². The van der Waals surface area contributed by atoms with Gasteiger partial charge in [-0.3, -0.25) is 9.42 Å². The Labute approximate surface area is 137 Å². The molecule has 0 radical (unpaired) electrons. The number of benzene rings is 2. The van der Waals surface area contributed by atoms with E-state index in [0.29, 0.717) is 10.8 Å². The van der Waals surface area contributed by atoms with Gasteiger partial charge in [0, 0.05) is 5.69 Å². The van der Waals surface area contributed by atoms with E-state index in [2.05, 4.69) is 4.98 Å². The summed E-state index contributed by atoms with van der Waals surface area (Å²) >= 11 is 1.44. The molecule has 3 rings (SSSR count). The Morgan fingerprint density at radius 3 is 2.74 bits per heavy atom. The zero-order valence-electron chi connectivity index (χ0n) is 12.1. The first kappa shape index (κ1) is 15.8. The van der Waals surface area contributed by atoms with E-state index >= 15 is 0 Å². The van der Waals surface area contributed by atoms with Crippen LogP contribution >= 0.6 is 20.0 Å². The van der Waals surface area contributed by atoms with Gasteiger partial charge in [0.05, 0.1) is 17.3 Å². The second-order valence-corrected chi connectivity index (χ2v) is 5.98. The highest BCUT2D eigenvalue weighted by Crippen LogP contribution is 2.35. The Kier molecular flexibility index (Phi) is 4.81. The van der Waals surface area contributed by atoms with Crippen molar-refractivity contribution in [3.05, 3.63) is 48.3 Å². The fourth-order valence-electron chi connectivity index (χ4n) is 2.08. The number of nitrogens with zero attached hydrogens (tertiary/aromatic N) is 2. The van der Waals surface area contributed by atoms with Gasteiger partial charge in [-0.15, -0.1) is 0 Å². The molecule has 23 heavy (non-hydrogen) atoms. The Morgan fingerprint density at radius 2 is 2.04 bits per heavy atom. The van der Waals surface area contributed by atoms with E-state index in [9.17, 15) is 8.96 Å². The topological polar surface area (TPSA) is 51.7 Å². The van der Waals surface area contributed by atoms with Crippen molar-refractivity contribution in [3.63, 3.8) is 0 Å². The molecular weight excluding hydrogens is 338 g/mol. The van der Waals surface area contributed by atoms with Crippen molar-refractivity contribution in [2.24, 2.45) is 0 Å². The Bertz CT molecular complexity index is 825. The molecule has 0 atom stereocenters. The van der Waals surface area contributed by atoms with Crippen molar-refractivity contribution in [1.29, 1.82) is 0 Å². The van der Waals surface area contributed by atoms with Crippen LogP contribution in [0.5, 0.6) is 5.75 Å². The Hall–Kier alpha value is -2.08. The minimum atomic E-state index is -0.429. The zero-order valence-corrected chi connectivity index (χ0v) is 13.8. The monoisotopic (exact) mass is 350 g/mol. The summed E-state index contributed by atoms with van der Waals surface area (Å²) < 4.78 is 34.9. The van der Waals surface area contributed by atoms with Gasteiger partial charge in [0.2, 0.25) is 0 Å². The molecule has 0 fully saturated rings. The highest BCUT2D eigenvalue weighted by atomic mass is 32.1. The van der Waals surface area contributed by atoms with Gasteiger partial charge in [0.25, 0.3) is 0 Å². The molecule has 0 bridgehead atoms. The quantitative estimate of drug-likeness (QED) is 0.474. The molecule has 0 aliphatic carbocycles. The lowest BCUT2D eigenvalue weighted by Gasteiger charge is -2.19. The SMILES string of the molecule is COc1ccc2nc(N(COP=O)c3ccc(F)cc3)sc2c1. The summed E-state index contributed by atoms with van der Waals surface area (Å²) in [7, 11) is 1.18. The van der Waals surface area contributed by atoms with Crippen molar-refractivity contribution in [2.45, 2.75) is 0 Å². The van der Waals surface area contributed by atoms with Crippen molar-refractivity contribution < 1.29 is 18.2 Å². The number of rotatable bonds is 6. The number of hydrogen-bond donors (Lipinski definition) is 0. The third kappa shape index (κ3) is 3.47. The van der Waals surface area contributed by atoms with Crippen LogP contribution in [-0.4, -0.2) is 18.8 Å². The first-order valence-corrected chi connectivity index (χ1v) is 8.18. The highest BCUT2D eigenvalue weighted by molar-refractivity contribution is 7.22. The molecule has 2 aromatic carbocycles. The fourth-order valence-corrected chi connectivity index (χ4v) is 3.24. The van der Waals surface area contributed by atoms with Crippen molar-refractivity contribution in [2.75, 3.05) is 18.7 Å². The highest BCUT2D eigenvalue weighted by Gasteiger charge is 2.15. The van der Waals surface area contributed by atoms with Crippen LogP contribution in [0.2, 0.25) is 0 Å². The minimum absolute atomic E-state index is 0.0354. The number of ether oxygens (including phenoxy) is 1. The molecule has 0 saturated heterocycles. The van der Waals surface area contributed by atoms with Crippen LogP contribution in [0.1, 0.15) is 0 Å². The zero-order chi connectivity index (χ0) is 16.2. The van der Waals surface area contributed by atoms with Crippen LogP contribution in [0.4, 0.5) is 15.2 Å². The molecule has 118 valence electrons. The summed E-state index contributed by atoms with van der Waals surface area (Å²) in [5.41, 5.74) is 1.51. The van der Waals surface area contributed by atoms with E-state index < -0.39 is 8.69 Å². The summed E-state index contributed by atoms with van der Waals surface area (Å²) in [6, 6.07) is 11.5. The van der Waals surface area contributed by atoms with Crippen LogP contribution < -0.4 is 9.64 Å². The molecule has 8 heteroatoms. The van der Waals surface area contributed by atoms with Gasteiger partial charge in [0.1, 0.15) is 18.3 Å². The largest absolute Gasteiger partial charge is 0.497 e. The predicted molar refractivity (Wildman–Crippen MR) is 88.3 cm³/mol. The molecule has 0 unspecified atom stereocenters. The third-order valence-corrected chi connectivity index (χ3v) is 4.46. The third-order valence-electron chi connectivity index (χ3n) is 3.19. The van der Waals surface area contributed by atoms with Gasteiger partial charge in [-0.05, 0) is 42.5 Å². The number of aromatic nitrogens is 1. The normalized spacial score (nSPS) is 11.0. The number of methoxy groups -OCH3 is 1. The summed E-state index contributed by atoms with van der Waals surface area (Å²) in [4.78, 5) is 6.27. The molecule has 0 spiro atoms. The van der Waals surface area contributed by atoms with E-state index in [1.807, 2.05) is 18.2 Å². The lowest BCUT2D eigenvalue weighted by Crippen LogP contribution is -2.18. The van der Waals surface area contributed by atoms with E-state index in [1.165, 1.54) is 23.5 Å². The number of hydrogen-bond acceptors (Lipinski definition) is 6. The Morgan fingerprint density at radius 1 is 1.26 bits per heavy atom. The predicted octanol–water partition coefficient (Wildman–Crippen LogP) is 4.76. The van der Waals surface area contributed by atoms with E-state index in [-0.39, 0.29) is 12.5 Å². The van der Waals surface area contributed by atoms with Gasteiger partial charge in [-0.25, -0.2) is 13.9 Å². The van der Waals surface area contributed by atoms with Crippen molar-refractivity contribution in [1.82, 2.24) is 4.98 Å². The summed E-state index contributed by atoms with van der Waals surface area (Å²) in [5, 5.41) is 0.656. The Balaban J connectivity index is 2.01. The summed E-state index contributed by atoms with van der Waals surface area (Å²) in [5.74, 6) is 0.418. The van der Waals surface area contributed by atoms with Gasteiger partial charge in [0.15, 0.2) is 5.13 Å². The minimum Gasteiger partial charge on any atom is -0.497 e. The van der Waals surface area contributed by atoms with Crippen molar-refractivity contribution in [3.8, 4) is 5.75 Å². The van der Waals surface area contributed by atoms with Crippen LogP contribution in [0.25, 0.3) is 10.2 Å². The van der Waals surface area contributed by atoms with Crippen LogP contribution in [0.15, 0.2) is 42.5 Å². The van der Waals surface area contributed by atoms with Crippen molar-refractivity contribution >= 4 is 41.1 Å². The van der Waals surface area contributed by atoms with Gasteiger partial charge in [-0.1, -0.05) is 11.3 Å². The average molecular weight is 350 g/mol. The molecule has 0 N–H and O–H groups in total. The number of fused-ring (bicyclic) bond motifs is 1. The van der Waals surface area contributed by atoms with E-state index in [0.717, 1.165) is 16.0 Å². The van der Waals surface area contributed by atoms with Crippen LogP contribution in [0.3, 0.4) is 0 Å². The summed E-state index contributed by atoms with van der Waals surface area (Å²) in [6.07, 6.45) is 0. The van der Waals surface area contributed by atoms with Gasteiger partial charge in [-0.2, -0.15) is 0 Å². The molecule has 0 saturated carbocycles. The molecule has 3 aromatic rings. The molecule has 5 nitrogen and oxygen atoms in total. The van der Waals surface area contributed by atoms with E-state index in [4.69, 9.17) is 9.26 Å². The first-order valence-electron chi connectivity index (χ1n) is 6.63. The fraction of sp³-hybridized carbons (Fsp3) is 0.133. The second kappa shape index (κ2) is 7.00. The number of anilines is 2. The van der Waals surface area contributed by atoms with Gasteiger partial charge < -0.3 is 4.74 Å². The molecule has 0 aliphatic heterocycles. The maximum atomic E-state index is 13.1. The lowest BCUT2D eigenvalue weighted by molar-refractivity contribution is 0.351. The average Bonchev–Trinajstić information content (AvgIpc) is 2.99. The molecule has 1 aromatic heterocycles. The standard InChI is InChI=1S/C15H12FN2O3PS/c1-20-12-6-7-13-14(8-12)23-15(17-13)18(9-21-22-19)11-4-2-10(16)3-5-11/h2-8H,9H2,1H3. The molecule has 0 amide bonds. The number of thiazole rings is 1. The molecule has 0 aliphatic rings. The van der Waals surface area contributed by atoms with Crippen LogP contribution in [-0.2, 0) is 9.09 Å². The maximum absolute atomic E-state index is 13.1. The smallest absolute Gasteiger partial charge is 0.329 e. The summed E-state index contributed by atoms with van der Waals surface area (Å²) in [6.45, 7) is 0.0354. The number of halogens is 1. The maximum Gasteiger partial charge on any atom is 0.329 e. The lowest BCUT2D eigenvalue weighted by atomic mass is 10.3. The first-order chi connectivity index (χ1) is 11.2. The second-order valence-electron chi connectivity index (χ2n) is 4.57. The molecular formula is C15H12FN2O3PS. The molecule has 1 heterocycles. The van der Waals surface area contributed by atoms with E-state index in [1.54, 1.807) is 24.1 Å².